The SMILES string of the molecule is CCc1ccc(CC)c(C(Cl)CC2CC3CCC2C3)c1. The van der Waals surface area contributed by atoms with E-state index >= 15 is 0 Å². The molecule has 0 saturated heterocycles. The number of hydrogen-bond acceptors (Lipinski definition) is 0. The van der Waals surface area contributed by atoms with E-state index in [1.807, 2.05) is 0 Å². The van der Waals surface area contributed by atoms with Gasteiger partial charge in [-0.1, -0.05) is 38.5 Å². The Kier molecular flexibility index (Phi) is 4.40. The summed E-state index contributed by atoms with van der Waals surface area (Å²) in [5.41, 5.74) is 4.29. The summed E-state index contributed by atoms with van der Waals surface area (Å²) in [6.45, 7) is 4.47. The van der Waals surface area contributed by atoms with Crippen molar-refractivity contribution in [3.63, 3.8) is 0 Å². The van der Waals surface area contributed by atoms with Crippen LogP contribution >= 0.6 is 11.6 Å². The Balaban J connectivity index is 1.74. The molecule has 0 amide bonds. The second-order valence-electron chi connectivity index (χ2n) is 6.88. The van der Waals surface area contributed by atoms with Gasteiger partial charge in [-0.15, -0.1) is 11.6 Å². The van der Waals surface area contributed by atoms with Crippen LogP contribution in [-0.2, 0) is 12.8 Å². The summed E-state index contributed by atoms with van der Waals surface area (Å²) in [5.74, 6) is 2.91. The fraction of sp³-hybridized carbons (Fsp3) is 0.684. The Labute approximate surface area is 128 Å². The molecule has 4 atom stereocenters. The van der Waals surface area contributed by atoms with E-state index in [9.17, 15) is 0 Å². The molecule has 0 radical (unpaired) electrons. The van der Waals surface area contributed by atoms with Crippen LogP contribution in [0.3, 0.4) is 0 Å². The number of fused-ring (bicyclic) bond motifs is 2. The first kappa shape index (κ1) is 14.4. The molecule has 0 heterocycles. The highest BCUT2D eigenvalue weighted by molar-refractivity contribution is 6.20. The third-order valence-corrected chi connectivity index (χ3v) is 6.14. The molecule has 2 bridgehead atoms. The number of halogens is 1. The molecule has 1 heteroatoms. The van der Waals surface area contributed by atoms with Gasteiger partial charge in [0.2, 0.25) is 0 Å². The fourth-order valence-electron chi connectivity index (χ4n) is 4.54. The van der Waals surface area contributed by atoms with Gasteiger partial charge < -0.3 is 0 Å². The molecule has 2 aliphatic rings. The molecular formula is C19H27Cl. The first-order chi connectivity index (χ1) is 9.71. The van der Waals surface area contributed by atoms with Gasteiger partial charge >= 0.3 is 0 Å². The van der Waals surface area contributed by atoms with Crippen LogP contribution in [0.4, 0.5) is 0 Å². The Morgan fingerprint density at radius 3 is 2.60 bits per heavy atom. The minimum atomic E-state index is 0.223. The lowest BCUT2D eigenvalue weighted by Gasteiger charge is -2.25. The molecule has 20 heavy (non-hydrogen) atoms. The molecule has 2 saturated carbocycles. The first-order valence-corrected chi connectivity index (χ1v) is 8.90. The summed E-state index contributed by atoms with van der Waals surface area (Å²) in [6, 6.07) is 6.93. The van der Waals surface area contributed by atoms with E-state index in [1.165, 1.54) is 48.8 Å². The van der Waals surface area contributed by atoms with Gasteiger partial charge in [0.15, 0.2) is 0 Å². The maximum absolute atomic E-state index is 6.84. The maximum Gasteiger partial charge on any atom is 0.0590 e. The predicted molar refractivity (Wildman–Crippen MR) is 87.3 cm³/mol. The lowest BCUT2D eigenvalue weighted by molar-refractivity contribution is 0.311. The van der Waals surface area contributed by atoms with Crippen LogP contribution in [0.15, 0.2) is 18.2 Å². The Hall–Kier alpha value is -0.490. The van der Waals surface area contributed by atoms with Crippen LogP contribution < -0.4 is 0 Å². The molecule has 3 rings (SSSR count). The van der Waals surface area contributed by atoms with Crippen molar-refractivity contribution < 1.29 is 0 Å². The highest BCUT2D eigenvalue weighted by atomic mass is 35.5. The number of benzene rings is 1. The molecular weight excluding hydrogens is 264 g/mol. The van der Waals surface area contributed by atoms with Crippen LogP contribution in [0.25, 0.3) is 0 Å². The topological polar surface area (TPSA) is 0 Å². The summed E-state index contributed by atoms with van der Waals surface area (Å²) in [7, 11) is 0. The van der Waals surface area contributed by atoms with Gasteiger partial charge in [0.25, 0.3) is 0 Å². The Morgan fingerprint density at radius 1 is 1.15 bits per heavy atom. The number of alkyl halides is 1. The summed E-state index contributed by atoms with van der Waals surface area (Å²) < 4.78 is 0. The molecule has 1 aromatic rings. The van der Waals surface area contributed by atoms with E-state index < -0.39 is 0 Å². The molecule has 110 valence electrons. The minimum Gasteiger partial charge on any atom is -0.118 e. The van der Waals surface area contributed by atoms with Crippen molar-refractivity contribution in [3.05, 3.63) is 34.9 Å². The molecule has 0 N–H and O–H groups in total. The molecule has 0 nitrogen and oxygen atoms in total. The van der Waals surface area contributed by atoms with Crippen molar-refractivity contribution in [3.8, 4) is 0 Å². The van der Waals surface area contributed by atoms with E-state index in [0.717, 1.165) is 30.6 Å². The van der Waals surface area contributed by atoms with Gasteiger partial charge in [-0.25, -0.2) is 0 Å². The summed E-state index contributed by atoms with van der Waals surface area (Å²) >= 11 is 6.84. The van der Waals surface area contributed by atoms with Gasteiger partial charge in [-0.3, -0.25) is 0 Å². The van der Waals surface area contributed by atoms with E-state index in [2.05, 4.69) is 32.0 Å². The standard InChI is InChI=1S/C19H27Cl/c1-3-13-5-7-15(4-2)18(11-13)19(20)12-17-10-14-6-8-16(17)9-14/h5,7,11,14,16-17,19H,3-4,6,8-10,12H2,1-2H3. The normalized spacial score (nSPS) is 29.9. The molecule has 1 aromatic carbocycles. The monoisotopic (exact) mass is 290 g/mol. The number of rotatable bonds is 5. The third kappa shape index (κ3) is 2.77. The summed E-state index contributed by atoms with van der Waals surface area (Å²) in [4.78, 5) is 0. The second-order valence-corrected chi connectivity index (χ2v) is 7.41. The highest BCUT2D eigenvalue weighted by Gasteiger charge is 2.40. The Bertz CT molecular complexity index is 465. The smallest absolute Gasteiger partial charge is 0.0590 e. The Morgan fingerprint density at radius 2 is 2.00 bits per heavy atom. The van der Waals surface area contributed by atoms with Crippen molar-refractivity contribution in [2.45, 2.75) is 64.2 Å². The van der Waals surface area contributed by atoms with Crippen molar-refractivity contribution >= 4 is 11.6 Å². The van der Waals surface area contributed by atoms with Gasteiger partial charge in [-0.05, 0) is 73.0 Å². The molecule has 0 aromatic heterocycles. The van der Waals surface area contributed by atoms with Crippen LogP contribution in [0.1, 0.15) is 68.0 Å². The lowest BCUT2D eigenvalue weighted by Crippen LogP contribution is -2.13. The second kappa shape index (κ2) is 6.10. The van der Waals surface area contributed by atoms with E-state index in [4.69, 9.17) is 11.6 Å². The van der Waals surface area contributed by atoms with Gasteiger partial charge in [0.05, 0.1) is 5.38 Å². The van der Waals surface area contributed by atoms with E-state index in [1.54, 1.807) is 0 Å². The predicted octanol–water partition coefficient (Wildman–Crippen LogP) is 5.92. The van der Waals surface area contributed by atoms with Crippen molar-refractivity contribution in [2.75, 3.05) is 0 Å². The minimum absolute atomic E-state index is 0.223. The highest BCUT2D eigenvalue weighted by Crippen LogP contribution is 2.51. The van der Waals surface area contributed by atoms with Crippen molar-refractivity contribution in [2.24, 2.45) is 17.8 Å². The zero-order valence-electron chi connectivity index (χ0n) is 12.9. The average Bonchev–Trinajstić information content (AvgIpc) is 3.09. The maximum atomic E-state index is 6.84. The number of aryl methyl sites for hydroxylation is 2. The molecule has 0 aliphatic heterocycles. The van der Waals surface area contributed by atoms with E-state index in [0.29, 0.717) is 0 Å². The zero-order chi connectivity index (χ0) is 14.1. The van der Waals surface area contributed by atoms with Crippen LogP contribution in [0, 0.1) is 17.8 Å². The van der Waals surface area contributed by atoms with Crippen LogP contribution in [0.5, 0.6) is 0 Å². The largest absolute Gasteiger partial charge is 0.118 e. The third-order valence-electron chi connectivity index (χ3n) is 5.73. The van der Waals surface area contributed by atoms with Crippen LogP contribution in [-0.4, -0.2) is 0 Å². The van der Waals surface area contributed by atoms with Gasteiger partial charge in [0, 0.05) is 0 Å². The van der Waals surface area contributed by atoms with Crippen molar-refractivity contribution in [1.82, 2.24) is 0 Å². The van der Waals surface area contributed by atoms with E-state index in [-0.39, 0.29) is 5.38 Å². The van der Waals surface area contributed by atoms with Crippen molar-refractivity contribution in [1.29, 1.82) is 0 Å². The molecule has 0 spiro atoms. The molecule has 2 fully saturated rings. The van der Waals surface area contributed by atoms with Crippen LogP contribution in [0.2, 0.25) is 0 Å². The quantitative estimate of drug-likeness (QED) is 0.591. The van der Waals surface area contributed by atoms with Gasteiger partial charge in [0.1, 0.15) is 0 Å². The number of hydrogen-bond donors (Lipinski definition) is 0. The molecule has 4 unspecified atom stereocenters. The average molecular weight is 291 g/mol. The lowest BCUT2D eigenvalue weighted by atomic mass is 9.83. The summed E-state index contributed by atoms with van der Waals surface area (Å²) in [5, 5.41) is 0.223. The first-order valence-electron chi connectivity index (χ1n) is 8.47. The fourth-order valence-corrected chi connectivity index (χ4v) is 4.97. The molecule has 2 aliphatic carbocycles. The zero-order valence-corrected chi connectivity index (χ0v) is 13.6. The summed E-state index contributed by atoms with van der Waals surface area (Å²) in [6.07, 6.45) is 9.29. The van der Waals surface area contributed by atoms with Gasteiger partial charge in [-0.2, -0.15) is 0 Å².